The summed E-state index contributed by atoms with van der Waals surface area (Å²) in [4.78, 5) is 7.85. The van der Waals surface area contributed by atoms with Gasteiger partial charge in [0.1, 0.15) is 0 Å². The summed E-state index contributed by atoms with van der Waals surface area (Å²) in [6.07, 6.45) is -4.29. The van der Waals surface area contributed by atoms with Gasteiger partial charge in [0.25, 0.3) is 0 Å². The third-order valence-corrected chi connectivity index (χ3v) is 4.95. The Kier molecular flexibility index (Phi) is 4.10. The minimum absolute atomic E-state index is 0.154. The van der Waals surface area contributed by atoms with Crippen LogP contribution in [0, 0.1) is 5.92 Å². The lowest BCUT2D eigenvalue weighted by molar-refractivity contribution is -0.137. The van der Waals surface area contributed by atoms with E-state index in [9.17, 15) is 13.2 Å². The van der Waals surface area contributed by atoms with Gasteiger partial charge in [0, 0.05) is 18.0 Å². The van der Waals surface area contributed by atoms with Crippen molar-refractivity contribution in [2.45, 2.75) is 39.2 Å². The van der Waals surface area contributed by atoms with Crippen LogP contribution in [0.2, 0.25) is 0 Å². The first-order valence-electron chi connectivity index (χ1n) is 7.41. The van der Waals surface area contributed by atoms with Gasteiger partial charge in [-0.15, -0.1) is 11.3 Å². The largest absolute Gasteiger partial charge is 0.416 e. The van der Waals surface area contributed by atoms with E-state index in [2.05, 4.69) is 23.7 Å². The van der Waals surface area contributed by atoms with Gasteiger partial charge in [0.2, 0.25) is 0 Å². The second-order valence-corrected chi connectivity index (χ2v) is 7.26. The van der Waals surface area contributed by atoms with Gasteiger partial charge in [-0.3, -0.25) is 4.90 Å². The third-order valence-electron chi connectivity index (χ3n) is 4.06. The Labute approximate surface area is 136 Å². The Morgan fingerprint density at radius 1 is 1.30 bits per heavy atom. The molecule has 0 unspecified atom stereocenters. The molecule has 1 aliphatic heterocycles. The highest BCUT2D eigenvalue weighted by molar-refractivity contribution is 7.15. The summed E-state index contributed by atoms with van der Waals surface area (Å²) in [5, 5.41) is 0.579. The Balaban J connectivity index is 1.79. The number of halogens is 3. The van der Waals surface area contributed by atoms with Crippen molar-refractivity contribution in [2.24, 2.45) is 5.92 Å². The molecule has 0 bridgehead atoms. The molecule has 3 nitrogen and oxygen atoms in total. The molecular weight excluding hydrogens is 323 g/mol. The first-order valence-corrected chi connectivity index (χ1v) is 8.22. The van der Waals surface area contributed by atoms with E-state index < -0.39 is 11.7 Å². The molecular formula is C16H18F3N3S. The molecule has 1 aromatic carbocycles. The number of anilines is 1. The number of hydrogen-bond donors (Lipinski definition) is 1. The maximum Gasteiger partial charge on any atom is 0.416 e. The number of aromatic nitrogens is 1. The van der Waals surface area contributed by atoms with E-state index in [1.54, 1.807) is 12.1 Å². The van der Waals surface area contributed by atoms with Crippen molar-refractivity contribution in [3.8, 4) is 0 Å². The van der Waals surface area contributed by atoms with Crippen molar-refractivity contribution in [3.63, 3.8) is 0 Å². The van der Waals surface area contributed by atoms with Crippen molar-refractivity contribution in [1.82, 2.24) is 9.88 Å². The molecule has 23 heavy (non-hydrogen) atoms. The molecule has 2 aromatic rings. The minimum atomic E-state index is -4.29. The molecule has 0 fully saturated rings. The van der Waals surface area contributed by atoms with Crippen LogP contribution in [-0.4, -0.2) is 9.88 Å². The average Bonchev–Trinajstić information content (AvgIpc) is 2.93. The molecule has 0 saturated carbocycles. The average molecular weight is 341 g/mol. The van der Waals surface area contributed by atoms with E-state index in [1.165, 1.54) is 11.3 Å². The molecule has 0 amide bonds. The van der Waals surface area contributed by atoms with Crippen molar-refractivity contribution in [3.05, 3.63) is 46.0 Å². The summed E-state index contributed by atoms with van der Waals surface area (Å²) in [6, 6.07) is 5.53. The maximum absolute atomic E-state index is 12.6. The van der Waals surface area contributed by atoms with E-state index in [4.69, 9.17) is 5.73 Å². The number of thiazole rings is 1. The molecule has 1 aromatic heterocycles. The molecule has 3 rings (SSSR count). The van der Waals surface area contributed by atoms with Gasteiger partial charge in [-0.25, -0.2) is 4.98 Å². The Bertz CT molecular complexity index is 692. The molecule has 0 spiro atoms. The lowest BCUT2D eigenvalue weighted by Crippen LogP contribution is -2.26. The normalized spacial score (nSPS) is 18.6. The van der Waals surface area contributed by atoms with Crippen LogP contribution in [0.15, 0.2) is 24.3 Å². The van der Waals surface area contributed by atoms with E-state index >= 15 is 0 Å². The van der Waals surface area contributed by atoms with Gasteiger partial charge in [0.15, 0.2) is 5.13 Å². The van der Waals surface area contributed by atoms with Crippen LogP contribution in [-0.2, 0) is 19.3 Å². The van der Waals surface area contributed by atoms with Crippen LogP contribution >= 0.6 is 11.3 Å². The molecule has 0 saturated heterocycles. The first-order chi connectivity index (χ1) is 10.8. The highest BCUT2D eigenvalue weighted by atomic mass is 32.1. The Morgan fingerprint density at radius 2 is 1.96 bits per heavy atom. The number of nitrogen functional groups attached to an aromatic ring is 1. The zero-order valence-corrected chi connectivity index (χ0v) is 13.7. The second-order valence-electron chi connectivity index (χ2n) is 6.15. The Morgan fingerprint density at radius 3 is 2.52 bits per heavy atom. The van der Waals surface area contributed by atoms with E-state index in [-0.39, 0.29) is 6.04 Å². The number of nitrogens with zero attached hydrogens (tertiary/aromatic N) is 2. The summed E-state index contributed by atoms with van der Waals surface area (Å²) in [6.45, 7) is 5.59. The fourth-order valence-electron chi connectivity index (χ4n) is 3.11. The molecule has 2 N–H and O–H groups in total. The standard InChI is InChI=1S/C16H18F3N3S/c1-9(2)14-13-12(23-15(20)21-13)8-22(14)7-10-3-5-11(6-4-10)16(17,18)19/h3-6,9,14H,7-8H2,1-2H3,(H2,20,21)/t14-/m0/s1. The van der Waals surface area contributed by atoms with Crippen LogP contribution in [0.3, 0.4) is 0 Å². The van der Waals surface area contributed by atoms with Crippen LogP contribution in [0.1, 0.15) is 41.6 Å². The smallest absolute Gasteiger partial charge is 0.375 e. The van der Waals surface area contributed by atoms with Gasteiger partial charge in [-0.1, -0.05) is 26.0 Å². The van der Waals surface area contributed by atoms with Gasteiger partial charge in [-0.2, -0.15) is 13.2 Å². The zero-order chi connectivity index (χ0) is 16.8. The zero-order valence-electron chi connectivity index (χ0n) is 12.9. The molecule has 2 heterocycles. The summed E-state index contributed by atoms with van der Waals surface area (Å²) < 4.78 is 37.9. The highest BCUT2D eigenvalue weighted by Crippen LogP contribution is 2.42. The molecule has 0 radical (unpaired) electrons. The van der Waals surface area contributed by atoms with Crippen LogP contribution in [0.25, 0.3) is 0 Å². The van der Waals surface area contributed by atoms with Crippen molar-refractivity contribution < 1.29 is 13.2 Å². The molecule has 1 atom stereocenters. The number of alkyl halides is 3. The monoisotopic (exact) mass is 341 g/mol. The summed E-state index contributed by atoms with van der Waals surface area (Å²) >= 11 is 1.49. The summed E-state index contributed by atoms with van der Waals surface area (Å²) in [5.41, 5.74) is 7.06. The number of fused-ring (bicyclic) bond motifs is 1. The number of rotatable bonds is 3. The van der Waals surface area contributed by atoms with E-state index in [1.807, 2.05) is 0 Å². The second kappa shape index (κ2) is 5.79. The maximum atomic E-state index is 12.6. The quantitative estimate of drug-likeness (QED) is 0.896. The fourth-order valence-corrected chi connectivity index (χ4v) is 4.01. The van der Waals surface area contributed by atoms with Gasteiger partial charge in [0.05, 0.1) is 17.3 Å². The summed E-state index contributed by atoms with van der Waals surface area (Å²) in [7, 11) is 0. The van der Waals surface area contributed by atoms with E-state index in [0.717, 1.165) is 34.8 Å². The third kappa shape index (κ3) is 3.21. The highest BCUT2D eigenvalue weighted by Gasteiger charge is 2.36. The Hall–Kier alpha value is -1.60. The van der Waals surface area contributed by atoms with Crippen LogP contribution < -0.4 is 5.73 Å². The van der Waals surface area contributed by atoms with Gasteiger partial charge >= 0.3 is 6.18 Å². The SMILES string of the molecule is CC(C)[C@H]1c2nc(N)sc2CN1Cc1ccc(C(F)(F)F)cc1. The van der Waals surface area contributed by atoms with Crippen molar-refractivity contribution >= 4 is 16.5 Å². The van der Waals surface area contributed by atoms with Crippen molar-refractivity contribution in [1.29, 1.82) is 0 Å². The fraction of sp³-hybridized carbons (Fsp3) is 0.438. The number of benzene rings is 1. The molecule has 124 valence electrons. The van der Waals surface area contributed by atoms with Crippen LogP contribution in [0.5, 0.6) is 0 Å². The lowest BCUT2D eigenvalue weighted by Gasteiger charge is -2.27. The van der Waals surface area contributed by atoms with Crippen molar-refractivity contribution in [2.75, 3.05) is 5.73 Å². The number of hydrogen-bond acceptors (Lipinski definition) is 4. The summed E-state index contributed by atoms with van der Waals surface area (Å²) in [5.74, 6) is 0.354. The minimum Gasteiger partial charge on any atom is -0.375 e. The predicted molar refractivity (Wildman–Crippen MR) is 84.8 cm³/mol. The van der Waals surface area contributed by atoms with Gasteiger partial charge < -0.3 is 5.73 Å². The van der Waals surface area contributed by atoms with E-state index in [0.29, 0.717) is 17.6 Å². The predicted octanol–water partition coefficient (Wildman–Crippen LogP) is 4.46. The molecule has 0 aliphatic carbocycles. The molecule has 1 aliphatic rings. The first kappa shape index (κ1) is 16.3. The topological polar surface area (TPSA) is 42.1 Å². The van der Waals surface area contributed by atoms with Gasteiger partial charge in [-0.05, 0) is 23.6 Å². The number of nitrogens with two attached hydrogens (primary N) is 1. The lowest BCUT2D eigenvalue weighted by atomic mass is 10.0. The molecule has 7 heteroatoms. The van der Waals surface area contributed by atoms with Crippen LogP contribution in [0.4, 0.5) is 18.3 Å².